The molecular formula is C13H16F2N6O3S. The van der Waals surface area contributed by atoms with E-state index < -0.39 is 22.3 Å². The average Bonchev–Trinajstić information content (AvgIpc) is 3.27. The minimum absolute atomic E-state index is 0.0978. The van der Waals surface area contributed by atoms with E-state index in [1.807, 2.05) is 0 Å². The van der Waals surface area contributed by atoms with E-state index in [0.29, 0.717) is 17.4 Å². The molecule has 0 saturated heterocycles. The standard InChI is InChI=1S/C13H16F2N6O3S/c1-25(22,23)18-6-9(7-2-3-7)19-13-16-4-8(5-17-13)11-20-21-12(24-11)10(14)15/h4-5,7,9-10,18H,2-3,6H2,1H3,(H,16,17,19)/t9-/m1/s1. The average molecular weight is 374 g/mol. The zero-order valence-corrected chi connectivity index (χ0v) is 14.0. The number of aromatic nitrogens is 4. The van der Waals surface area contributed by atoms with Crippen LogP contribution in [-0.2, 0) is 10.0 Å². The normalized spacial score (nSPS) is 16.2. The number of rotatable bonds is 8. The molecular weight excluding hydrogens is 358 g/mol. The zero-order chi connectivity index (χ0) is 18.0. The molecule has 9 nitrogen and oxygen atoms in total. The van der Waals surface area contributed by atoms with Gasteiger partial charge in [0.15, 0.2) is 0 Å². The van der Waals surface area contributed by atoms with Crippen LogP contribution in [0.3, 0.4) is 0 Å². The molecule has 2 N–H and O–H groups in total. The molecule has 1 aliphatic carbocycles. The molecule has 25 heavy (non-hydrogen) atoms. The number of hydrogen-bond acceptors (Lipinski definition) is 8. The van der Waals surface area contributed by atoms with Gasteiger partial charge in [-0.25, -0.2) is 23.1 Å². The highest BCUT2D eigenvalue weighted by Crippen LogP contribution is 2.33. The predicted molar refractivity (Wildman–Crippen MR) is 83.3 cm³/mol. The zero-order valence-electron chi connectivity index (χ0n) is 13.2. The van der Waals surface area contributed by atoms with E-state index in [0.717, 1.165) is 19.1 Å². The van der Waals surface area contributed by atoms with Gasteiger partial charge in [-0.3, -0.25) is 0 Å². The van der Waals surface area contributed by atoms with Crippen LogP contribution in [0.25, 0.3) is 11.5 Å². The minimum atomic E-state index is -3.28. The van der Waals surface area contributed by atoms with Crippen molar-refractivity contribution in [3.05, 3.63) is 18.3 Å². The number of alkyl halides is 2. The second kappa shape index (κ2) is 6.96. The van der Waals surface area contributed by atoms with Gasteiger partial charge in [0, 0.05) is 25.0 Å². The lowest BCUT2D eigenvalue weighted by Crippen LogP contribution is -2.37. The second-order valence-electron chi connectivity index (χ2n) is 5.75. The lowest BCUT2D eigenvalue weighted by atomic mass is 10.2. The number of anilines is 1. The summed E-state index contributed by atoms with van der Waals surface area (Å²) < 4.78 is 54.7. The minimum Gasteiger partial charge on any atom is -0.415 e. The Kier molecular flexibility index (Phi) is 4.90. The summed E-state index contributed by atoms with van der Waals surface area (Å²) in [6.45, 7) is 0.232. The molecule has 1 atom stereocenters. The van der Waals surface area contributed by atoms with Crippen LogP contribution in [-0.4, -0.2) is 47.4 Å². The molecule has 2 aromatic heterocycles. The first-order valence-corrected chi connectivity index (χ1v) is 9.36. The fourth-order valence-corrected chi connectivity index (χ4v) is 2.68. The van der Waals surface area contributed by atoms with Crippen molar-refractivity contribution in [3.8, 4) is 11.5 Å². The van der Waals surface area contributed by atoms with Gasteiger partial charge >= 0.3 is 6.43 Å². The van der Waals surface area contributed by atoms with Crippen LogP contribution in [0.1, 0.15) is 25.2 Å². The Morgan fingerprint density at radius 2 is 1.96 bits per heavy atom. The molecule has 12 heteroatoms. The van der Waals surface area contributed by atoms with Gasteiger partial charge in [0.25, 0.3) is 11.8 Å². The Morgan fingerprint density at radius 3 is 2.48 bits per heavy atom. The maximum atomic E-state index is 12.5. The van der Waals surface area contributed by atoms with Gasteiger partial charge in [0.1, 0.15) is 0 Å². The van der Waals surface area contributed by atoms with Gasteiger partial charge in [0.2, 0.25) is 16.0 Å². The maximum absolute atomic E-state index is 12.5. The molecule has 0 spiro atoms. The molecule has 1 saturated carbocycles. The molecule has 136 valence electrons. The van der Waals surface area contributed by atoms with Crippen molar-refractivity contribution in [3.63, 3.8) is 0 Å². The number of hydrogen-bond donors (Lipinski definition) is 2. The van der Waals surface area contributed by atoms with Crippen molar-refractivity contribution >= 4 is 16.0 Å². The predicted octanol–water partition coefficient (Wildman–Crippen LogP) is 1.20. The highest BCUT2D eigenvalue weighted by atomic mass is 32.2. The van der Waals surface area contributed by atoms with Gasteiger partial charge in [-0.2, -0.15) is 8.78 Å². The molecule has 1 fully saturated rings. The van der Waals surface area contributed by atoms with E-state index in [4.69, 9.17) is 4.42 Å². The van der Waals surface area contributed by atoms with Gasteiger partial charge in [-0.1, -0.05) is 0 Å². The molecule has 0 aromatic carbocycles. The topological polar surface area (TPSA) is 123 Å². The summed E-state index contributed by atoms with van der Waals surface area (Å²) in [7, 11) is -3.28. The number of sulfonamides is 1. The Labute approximate surface area is 142 Å². The Morgan fingerprint density at radius 1 is 1.28 bits per heavy atom. The molecule has 0 aliphatic heterocycles. The lowest BCUT2D eigenvalue weighted by molar-refractivity contribution is 0.116. The van der Waals surface area contributed by atoms with E-state index in [1.165, 1.54) is 12.4 Å². The molecule has 3 rings (SSSR count). The van der Waals surface area contributed by atoms with Crippen LogP contribution in [0.4, 0.5) is 14.7 Å². The van der Waals surface area contributed by atoms with Gasteiger partial charge in [-0.05, 0) is 18.8 Å². The van der Waals surface area contributed by atoms with E-state index in [-0.39, 0.29) is 18.5 Å². The summed E-state index contributed by atoms with van der Waals surface area (Å²) in [4.78, 5) is 8.18. The van der Waals surface area contributed by atoms with Gasteiger partial charge < -0.3 is 9.73 Å². The molecule has 0 unspecified atom stereocenters. The summed E-state index contributed by atoms with van der Waals surface area (Å²) in [5.41, 5.74) is 0.308. The summed E-state index contributed by atoms with van der Waals surface area (Å²) >= 11 is 0. The van der Waals surface area contributed by atoms with Crippen LogP contribution in [0, 0.1) is 5.92 Å². The molecule has 2 aromatic rings. The Bertz CT molecular complexity index is 823. The van der Waals surface area contributed by atoms with Crippen molar-refractivity contribution < 1.29 is 21.6 Å². The molecule has 2 heterocycles. The monoisotopic (exact) mass is 374 g/mol. The van der Waals surface area contributed by atoms with Crippen molar-refractivity contribution in [1.82, 2.24) is 24.9 Å². The van der Waals surface area contributed by atoms with Crippen LogP contribution in [0.2, 0.25) is 0 Å². The fraction of sp³-hybridized carbons (Fsp3) is 0.538. The molecule has 0 radical (unpaired) electrons. The Balaban J connectivity index is 1.66. The third kappa shape index (κ3) is 4.89. The van der Waals surface area contributed by atoms with Gasteiger partial charge in [-0.15, -0.1) is 10.2 Å². The van der Waals surface area contributed by atoms with Crippen molar-refractivity contribution in [2.75, 3.05) is 18.1 Å². The number of nitrogens with one attached hydrogen (secondary N) is 2. The summed E-state index contributed by atoms with van der Waals surface area (Å²) in [6.07, 6.45) is 2.99. The summed E-state index contributed by atoms with van der Waals surface area (Å²) in [6, 6.07) is -0.130. The van der Waals surface area contributed by atoms with Crippen LogP contribution < -0.4 is 10.0 Å². The Hall–Kier alpha value is -2.21. The third-order valence-electron chi connectivity index (χ3n) is 3.60. The first-order valence-electron chi connectivity index (χ1n) is 7.47. The largest absolute Gasteiger partial charge is 0.415 e. The van der Waals surface area contributed by atoms with Crippen molar-refractivity contribution in [2.45, 2.75) is 25.3 Å². The van der Waals surface area contributed by atoms with E-state index in [9.17, 15) is 17.2 Å². The fourth-order valence-electron chi connectivity index (χ4n) is 2.19. The number of nitrogens with zero attached hydrogens (tertiary/aromatic N) is 4. The molecule has 0 amide bonds. The van der Waals surface area contributed by atoms with Crippen LogP contribution in [0.15, 0.2) is 16.8 Å². The van der Waals surface area contributed by atoms with E-state index in [2.05, 4.69) is 30.2 Å². The molecule has 1 aliphatic rings. The highest BCUT2D eigenvalue weighted by Gasteiger charge is 2.32. The second-order valence-corrected chi connectivity index (χ2v) is 7.58. The third-order valence-corrected chi connectivity index (χ3v) is 4.29. The van der Waals surface area contributed by atoms with Crippen LogP contribution >= 0.6 is 0 Å². The highest BCUT2D eigenvalue weighted by molar-refractivity contribution is 7.88. The number of halogens is 2. The smallest absolute Gasteiger partial charge is 0.314 e. The van der Waals surface area contributed by atoms with Crippen molar-refractivity contribution in [2.24, 2.45) is 5.92 Å². The van der Waals surface area contributed by atoms with Gasteiger partial charge in [0.05, 0.1) is 11.8 Å². The van der Waals surface area contributed by atoms with Crippen molar-refractivity contribution in [1.29, 1.82) is 0 Å². The first-order chi connectivity index (χ1) is 11.8. The maximum Gasteiger partial charge on any atom is 0.314 e. The SMILES string of the molecule is CS(=O)(=O)NC[C@@H](Nc1ncc(-c2nnc(C(F)F)o2)cn1)C1CC1. The van der Waals surface area contributed by atoms with Crippen LogP contribution in [0.5, 0.6) is 0 Å². The summed E-state index contributed by atoms with van der Waals surface area (Å²) in [5.74, 6) is -0.219. The molecule has 0 bridgehead atoms. The summed E-state index contributed by atoms with van der Waals surface area (Å²) in [5, 5.41) is 9.84. The lowest BCUT2D eigenvalue weighted by Gasteiger charge is -2.18. The van der Waals surface area contributed by atoms with E-state index >= 15 is 0 Å². The van der Waals surface area contributed by atoms with E-state index in [1.54, 1.807) is 0 Å². The first kappa shape index (κ1) is 17.6. The quantitative estimate of drug-likeness (QED) is 0.707.